The van der Waals surface area contributed by atoms with Gasteiger partial charge in [-0.1, -0.05) is 24.3 Å². The molecule has 0 radical (unpaired) electrons. The first kappa shape index (κ1) is 9.69. The maximum Gasteiger partial charge on any atom is 0.0431 e. The number of hydrogen-bond donors (Lipinski definition) is 2. The largest absolute Gasteiger partial charge is 0.396 e. The van der Waals surface area contributed by atoms with Crippen LogP contribution in [-0.4, -0.2) is 17.8 Å². The minimum absolute atomic E-state index is 0.305. The van der Waals surface area contributed by atoms with Gasteiger partial charge in [0.05, 0.1) is 0 Å². The van der Waals surface area contributed by atoms with Crippen molar-refractivity contribution in [2.75, 3.05) is 6.61 Å². The quantitative estimate of drug-likeness (QED) is 0.758. The fourth-order valence-corrected chi connectivity index (χ4v) is 2.06. The summed E-state index contributed by atoms with van der Waals surface area (Å²) in [6.07, 6.45) is 3.08. The van der Waals surface area contributed by atoms with E-state index in [0.29, 0.717) is 12.6 Å². The highest BCUT2D eigenvalue weighted by Crippen LogP contribution is 2.18. The van der Waals surface area contributed by atoms with Crippen LogP contribution in [0.2, 0.25) is 0 Å². The van der Waals surface area contributed by atoms with Crippen LogP contribution in [0.3, 0.4) is 0 Å². The summed E-state index contributed by atoms with van der Waals surface area (Å²) in [5, 5.41) is 12.3. The van der Waals surface area contributed by atoms with E-state index < -0.39 is 0 Å². The second kappa shape index (κ2) is 4.58. The molecule has 0 saturated heterocycles. The molecule has 0 bridgehead atoms. The number of rotatable bonds is 3. The van der Waals surface area contributed by atoms with Crippen molar-refractivity contribution in [3.63, 3.8) is 0 Å². The van der Waals surface area contributed by atoms with Gasteiger partial charge < -0.3 is 10.4 Å². The molecule has 0 saturated carbocycles. The van der Waals surface area contributed by atoms with Gasteiger partial charge in [-0.2, -0.15) is 0 Å². The second-order valence-corrected chi connectivity index (χ2v) is 3.92. The monoisotopic (exact) mass is 191 g/mol. The zero-order valence-electron chi connectivity index (χ0n) is 8.37. The summed E-state index contributed by atoms with van der Waals surface area (Å²) in [4.78, 5) is 0. The molecule has 14 heavy (non-hydrogen) atoms. The lowest BCUT2D eigenvalue weighted by Gasteiger charge is -2.25. The van der Waals surface area contributed by atoms with Gasteiger partial charge in [-0.25, -0.2) is 0 Å². The molecule has 2 nitrogen and oxygen atoms in total. The zero-order valence-corrected chi connectivity index (χ0v) is 8.37. The summed E-state index contributed by atoms with van der Waals surface area (Å²) in [6.45, 7) is 1.28. The van der Waals surface area contributed by atoms with Crippen molar-refractivity contribution < 1.29 is 5.11 Å². The SMILES string of the molecule is OCCCC1Cc2ccccc2CN1. The van der Waals surface area contributed by atoms with E-state index in [9.17, 15) is 0 Å². The molecule has 1 aromatic carbocycles. The van der Waals surface area contributed by atoms with Crippen LogP contribution >= 0.6 is 0 Å². The molecular weight excluding hydrogens is 174 g/mol. The molecule has 1 atom stereocenters. The van der Waals surface area contributed by atoms with Crippen molar-refractivity contribution in [1.82, 2.24) is 5.32 Å². The molecule has 2 rings (SSSR count). The first-order chi connectivity index (χ1) is 6.90. The van der Waals surface area contributed by atoms with Gasteiger partial charge in [0.1, 0.15) is 0 Å². The summed E-state index contributed by atoms with van der Waals surface area (Å²) in [6, 6.07) is 9.14. The highest BCUT2D eigenvalue weighted by molar-refractivity contribution is 5.29. The summed E-state index contributed by atoms with van der Waals surface area (Å²) in [5.41, 5.74) is 2.89. The van der Waals surface area contributed by atoms with E-state index in [0.717, 1.165) is 25.8 Å². The molecule has 1 aliphatic heterocycles. The van der Waals surface area contributed by atoms with Crippen molar-refractivity contribution in [3.8, 4) is 0 Å². The Morgan fingerprint density at radius 1 is 1.29 bits per heavy atom. The van der Waals surface area contributed by atoms with Gasteiger partial charge in [-0.3, -0.25) is 0 Å². The standard InChI is InChI=1S/C12H17NO/c14-7-3-6-12-8-10-4-1-2-5-11(10)9-13-12/h1-2,4-5,12-14H,3,6-9H2. The van der Waals surface area contributed by atoms with Gasteiger partial charge in [0, 0.05) is 19.2 Å². The predicted molar refractivity (Wildman–Crippen MR) is 57.1 cm³/mol. The van der Waals surface area contributed by atoms with E-state index in [-0.39, 0.29) is 0 Å². The lowest BCUT2D eigenvalue weighted by Crippen LogP contribution is -2.35. The van der Waals surface area contributed by atoms with Crippen molar-refractivity contribution in [2.24, 2.45) is 0 Å². The van der Waals surface area contributed by atoms with E-state index in [1.54, 1.807) is 0 Å². The third kappa shape index (κ3) is 2.14. The Hall–Kier alpha value is -0.860. The van der Waals surface area contributed by atoms with Crippen LogP contribution in [0, 0.1) is 0 Å². The van der Waals surface area contributed by atoms with E-state index in [1.807, 2.05) is 0 Å². The minimum Gasteiger partial charge on any atom is -0.396 e. The Morgan fingerprint density at radius 3 is 2.86 bits per heavy atom. The molecule has 0 aromatic heterocycles. The highest BCUT2D eigenvalue weighted by Gasteiger charge is 2.16. The Labute approximate surface area is 85.0 Å². The van der Waals surface area contributed by atoms with Crippen molar-refractivity contribution in [3.05, 3.63) is 35.4 Å². The number of hydrogen-bond acceptors (Lipinski definition) is 2. The molecule has 1 aromatic rings. The molecule has 0 spiro atoms. The minimum atomic E-state index is 0.305. The number of aliphatic hydroxyl groups is 1. The van der Waals surface area contributed by atoms with E-state index in [2.05, 4.69) is 29.6 Å². The van der Waals surface area contributed by atoms with Gasteiger partial charge >= 0.3 is 0 Å². The van der Waals surface area contributed by atoms with Crippen LogP contribution in [0.15, 0.2) is 24.3 Å². The average Bonchev–Trinajstić information content (AvgIpc) is 2.26. The summed E-state index contributed by atoms with van der Waals surface area (Å²) in [5.74, 6) is 0. The third-order valence-electron chi connectivity index (χ3n) is 2.88. The molecule has 1 aliphatic rings. The third-order valence-corrected chi connectivity index (χ3v) is 2.88. The number of nitrogens with one attached hydrogen (secondary N) is 1. The van der Waals surface area contributed by atoms with Gasteiger partial charge in [0.2, 0.25) is 0 Å². The van der Waals surface area contributed by atoms with Crippen LogP contribution in [-0.2, 0) is 13.0 Å². The molecule has 0 amide bonds. The smallest absolute Gasteiger partial charge is 0.0431 e. The predicted octanol–water partition coefficient (Wildman–Crippen LogP) is 1.47. The summed E-state index contributed by atoms with van der Waals surface area (Å²) in [7, 11) is 0. The van der Waals surface area contributed by atoms with Crippen molar-refractivity contribution >= 4 is 0 Å². The van der Waals surface area contributed by atoms with Gasteiger partial charge in [0.25, 0.3) is 0 Å². The topological polar surface area (TPSA) is 32.3 Å². The van der Waals surface area contributed by atoms with Gasteiger partial charge in [-0.05, 0) is 30.4 Å². The summed E-state index contributed by atoms with van der Waals surface area (Å²) >= 11 is 0. The average molecular weight is 191 g/mol. The maximum absolute atomic E-state index is 8.76. The van der Waals surface area contributed by atoms with E-state index in [4.69, 9.17) is 5.11 Å². The van der Waals surface area contributed by atoms with Crippen LogP contribution in [0.25, 0.3) is 0 Å². The molecule has 2 heteroatoms. The molecule has 2 N–H and O–H groups in total. The molecule has 76 valence electrons. The van der Waals surface area contributed by atoms with Crippen LogP contribution in [0.1, 0.15) is 24.0 Å². The Kier molecular flexibility index (Phi) is 3.17. The van der Waals surface area contributed by atoms with Gasteiger partial charge in [-0.15, -0.1) is 0 Å². The number of fused-ring (bicyclic) bond motifs is 1. The molecular formula is C12H17NO. The highest BCUT2D eigenvalue weighted by atomic mass is 16.2. The first-order valence-electron chi connectivity index (χ1n) is 5.31. The van der Waals surface area contributed by atoms with Crippen LogP contribution in [0.5, 0.6) is 0 Å². The van der Waals surface area contributed by atoms with Gasteiger partial charge in [0.15, 0.2) is 0 Å². The van der Waals surface area contributed by atoms with E-state index in [1.165, 1.54) is 11.1 Å². The Bertz CT molecular complexity index is 298. The summed E-state index contributed by atoms with van der Waals surface area (Å²) < 4.78 is 0. The van der Waals surface area contributed by atoms with Crippen LogP contribution < -0.4 is 5.32 Å². The Balaban J connectivity index is 1.99. The maximum atomic E-state index is 8.76. The lowest BCUT2D eigenvalue weighted by atomic mass is 9.94. The second-order valence-electron chi connectivity index (χ2n) is 3.92. The molecule has 0 aliphatic carbocycles. The fourth-order valence-electron chi connectivity index (χ4n) is 2.06. The Morgan fingerprint density at radius 2 is 2.07 bits per heavy atom. The zero-order chi connectivity index (χ0) is 9.80. The fraction of sp³-hybridized carbons (Fsp3) is 0.500. The molecule has 0 fully saturated rings. The number of aliphatic hydroxyl groups excluding tert-OH is 1. The normalized spacial score (nSPS) is 20.5. The molecule has 1 unspecified atom stereocenters. The van der Waals surface area contributed by atoms with Crippen LogP contribution in [0.4, 0.5) is 0 Å². The van der Waals surface area contributed by atoms with E-state index >= 15 is 0 Å². The lowest BCUT2D eigenvalue weighted by molar-refractivity contribution is 0.272. The van der Waals surface area contributed by atoms with Crippen molar-refractivity contribution in [1.29, 1.82) is 0 Å². The molecule has 1 heterocycles. The van der Waals surface area contributed by atoms with Crippen molar-refractivity contribution in [2.45, 2.75) is 31.8 Å². The number of benzene rings is 1. The first-order valence-corrected chi connectivity index (χ1v) is 5.31.